The number of anilines is 1. The Hall–Kier alpha value is -0.730. The Labute approximate surface area is 122 Å². The first-order chi connectivity index (χ1) is 9.06. The van der Waals surface area contributed by atoms with E-state index in [4.69, 9.17) is 11.6 Å². The summed E-state index contributed by atoms with van der Waals surface area (Å²) in [4.78, 5) is 2.49. The Balaban J connectivity index is 2.15. The van der Waals surface area contributed by atoms with E-state index in [1.165, 1.54) is 24.1 Å². The van der Waals surface area contributed by atoms with Gasteiger partial charge in [-0.05, 0) is 49.9 Å². The molecule has 0 aliphatic carbocycles. The molecular formula is C16H25ClN2. The number of hydrogen-bond acceptors (Lipinski definition) is 2. The van der Waals surface area contributed by atoms with E-state index >= 15 is 0 Å². The van der Waals surface area contributed by atoms with Crippen molar-refractivity contribution in [2.75, 3.05) is 24.5 Å². The molecule has 1 aliphatic heterocycles. The number of nitrogens with zero attached hydrogens (tertiary/aromatic N) is 1. The van der Waals surface area contributed by atoms with Crippen LogP contribution in [0.3, 0.4) is 0 Å². The predicted octanol–water partition coefficient (Wildman–Crippen LogP) is 3.86. The Morgan fingerprint density at radius 3 is 2.95 bits per heavy atom. The summed E-state index contributed by atoms with van der Waals surface area (Å²) in [7, 11) is 0. The fraction of sp³-hybridized carbons (Fsp3) is 0.625. The highest BCUT2D eigenvalue weighted by Gasteiger charge is 2.19. The molecule has 1 N–H and O–H groups in total. The maximum atomic E-state index is 6.16. The second kappa shape index (κ2) is 6.62. The smallest absolute Gasteiger partial charge is 0.0426 e. The minimum Gasteiger partial charge on any atom is -0.370 e. The van der Waals surface area contributed by atoms with Crippen LogP contribution in [0.1, 0.15) is 32.3 Å². The molecule has 2 nitrogen and oxygen atoms in total. The zero-order valence-electron chi connectivity index (χ0n) is 12.2. The van der Waals surface area contributed by atoms with Crippen molar-refractivity contribution in [1.82, 2.24) is 5.32 Å². The molecule has 1 heterocycles. The Bertz CT molecular complexity index is 417. The largest absolute Gasteiger partial charge is 0.370 e. The van der Waals surface area contributed by atoms with Crippen LogP contribution < -0.4 is 10.2 Å². The van der Waals surface area contributed by atoms with Crippen LogP contribution in [0.4, 0.5) is 5.69 Å². The maximum Gasteiger partial charge on any atom is 0.0426 e. The number of hydrogen-bond donors (Lipinski definition) is 1. The molecule has 1 fully saturated rings. The molecule has 0 radical (unpaired) electrons. The monoisotopic (exact) mass is 280 g/mol. The third-order valence-electron chi connectivity index (χ3n) is 3.75. The van der Waals surface area contributed by atoms with E-state index < -0.39 is 0 Å². The van der Waals surface area contributed by atoms with E-state index in [2.05, 4.69) is 43.1 Å². The van der Waals surface area contributed by atoms with Gasteiger partial charge in [0, 0.05) is 29.8 Å². The van der Waals surface area contributed by atoms with Gasteiger partial charge in [-0.3, -0.25) is 0 Å². The molecule has 1 atom stereocenters. The van der Waals surface area contributed by atoms with Crippen LogP contribution >= 0.6 is 11.6 Å². The molecule has 0 spiro atoms. The molecule has 0 amide bonds. The van der Waals surface area contributed by atoms with Gasteiger partial charge in [0.25, 0.3) is 0 Å². The van der Waals surface area contributed by atoms with Crippen LogP contribution in [-0.2, 0) is 0 Å². The van der Waals surface area contributed by atoms with Gasteiger partial charge in [0.1, 0.15) is 0 Å². The van der Waals surface area contributed by atoms with Crippen molar-refractivity contribution >= 4 is 17.3 Å². The highest BCUT2D eigenvalue weighted by atomic mass is 35.5. The van der Waals surface area contributed by atoms with Gasteiger partial charge in [0.05, 0.1) is 0 Å². The summed E-state index contributed by atoms with van der Waals surface area (Å²) < 4.78 is 0. The molecule has 106 valence electrons. The van der Waals surface area contributed by atoms with Crippen LogP contribution in [0.2, 0.25) is 5.02 Å². The predicted molar refractivity (Wildman–Crippen MR) is 84.3 cm³/mol. The summed E-state index contributed by atoms with van der Waals surface area (Å²) in [5.41, 5.74) is 2.61. The summed E-state index contributed by atoms with van der Waals surface area (Å²) in [6.45, 7) is 10.1. The Morgan fingerprint density at radius 1 is 1.42 bits per heavy atom. The summed E-state index contributed by atoms with van der Waals surface area (Å²) in [5.74, 6) is 0.734. The van der Waals surface area contributed by atoms with E-state index in [1.807, 2.05) is 6.07 Å². The average molecular weight is 281 g/mol. The molecule has 1 unspecified atom stereocenters. The van der Waals surface area contributed by atoms with Crippen molar-refractivity contribution in [3.63, 3.8) is 0 Å². The molecule has 1 aliphatic rings. The molecule has 0 saturated carbocycles. The first-order valence-electron chi connectivity index (χ1n) is 7.30. The minimum absolute atomic E-state index is 0.584. The number of rotatable bonds is 3. The number of halogens is 1. The molecule has 3 heteroatoms. The number of benzene rings is 1. The highest BCUT2D eigenvalue weighted by Crippen LogP contribution is 2.26. The van der Waals surface area contributed by atoms with E-state index in [1.54, 1.807) is 0 Å². The van der Waals surface area contributed by atoms with Crippen LogP contribution in [-0.4, -0.2) is 25.7 Å². The standard InChI is InChI=1S/C16H25ClN2/c1-12(2)9-15-11-19(8-4-7-18-15)16-10-14(17)6-5-13(16)3/h5-6,10,12,15,18H,4,7-9,11H2,1-3H3. The lowest BCUT2D eigenvalue weighted by molar-refractivity contribution is 0.436. The Kier molecular flexibility index (Phi) is 5.12. The van der Waals surface area contributed by atoms with E-state index in [0.29, 0.717) is 6.04 Å². The SMILES string of the molecule is Cc1ccc(Cl)cc1N1CCCNC(CC(C)C)C1. The fourth-order valence-corrected chi connectivity index (χ4v) is 3.03. The van der Waals surface area contributed by atoms with Crippen LogP contribution in [0.15, 0.2) is 18.2 Å². The van der Waals surface area contributed by atoms with Crippen LogP contribution in [0.5, 0.6) is 0 Å². The lowest BCUT2D eigenvalue weighted by atomic mass is 10.0. The Morgan fingerprint density at radius 2 is 2.21 bits per heavy atom. The molecular weight excluding hydrogens is 256 g/mol. The van der Waals surface area contributed by atoms with Gasteiger partial charge in [-0.25, -0.2) is 0 Å². The first kappa shape index (κ1) is 14.7. The van der Waals surface area contributed by atoms with Crippen molar-refractivity contribution in [2.24, 2.45) is 5.92 Å². The van der Waals surface area contributed by atoms with Gasteiger partial charge < -0.3 is 10.2 Å². The zero-order valence-corrected chi connectivity index (χ0v) is 13.0. The van der Waals surface area contributed by atoms with Crippen molar-refractivity contribution in [1.29, 1.82) is 0 Å². The van der Waals surface area contributed by atoms with E-state index in [-0.39, 0.29) is 0 Å². The third kappa shape index (κ3) is 4.12. The molecule has 0 bridgehead atoms. The van der Waals surface area contributed by atoms with Gasteiger partial charge >= 0.3 is 0 Å². The van der Waals surface area contributed by atoms with Crippen molar-refractivity contribution < 1.29 is 0 Å². The van der Waals surface area contributed by atoms with Crippen LogP contribution in [0.25, 0.3) is 0 Å². The van der Waals surface area contributed by atoms with Gasteiger partial charge in [0.15, 0.2) is 0 Å². The minimum atomic E-state index is 0.584. The number of aryl methyl sites for hydroxylation is 1. The quantitative estimate of drug-likeness (QED) is 0.904. The normalized spacial score (nSPS) is 20.7. The molecule has 1 aromatic rings. The first-order valence-corrected chi connectivity index (χ1v) is 7.68. The van der Waals surface area contributed by atoms with Crippen molar-refractivity contribution in [3.8, 4) is 0 Å². The summed E-state index contributed by atoms with van der Waals surface area (Å²) in [6, 6.07) is 6.78. The third-order valence-corrected chi connectivity index (χ3v) is 3.98. The highest BCUT2D eigenvalue weighted by molar-refractivity contribution is 6.30. The van der Waals surface area contributed by atoms with E-state index in [9.17, 15) is 0 Å². The average Bonchev–Trinajstić information content (AvgIpc) is 2.57. The van der Waals surface area contributed by atoms with Gasteiger partial charge in [-0.2, -0.15) is 0 Å². The van der Waals surface area contributed by atoms with Crippen molar-refractivity contribution in [3.05, 3.63) is 28.8 Å². The summed E-state index contributed by atoms with van der Waals surface area (Å²) >= 11 is 6.16. The summed E-state index contributed by atoms with van der Waals surface area (Å²) in [6.07, 6.45) is 2.43. The molecule has 2 rings (SSSR count). The second-order valence-corrected chi connectivity index (χ2v) is 6.45. The molecule has 19 heavy (non-hydrogen) atoms. The fourth-order valence-electron chi connectivity index (χ4n) is 2.87. The lowest BCUT2D eigenvalue weighted by Gasteiger charge is -2.28. The van der Waals surface area contributed by atoms with Crippen molar-refractivity contribution in [2.45, 2.75) is 39.7 Å². The summed E-state index contributed by atoms with van der Waals surface area (Å²) in [5, 5.41) is 4.50. The van der Waals surface area contributed by atoms with Crippen LogP contribution in [0, 0.1) is 12.8 Å². The number of nitrogens with one attached hydrogen (secondary N) is 1. The second-order valence-electron chi connectivity index (χ2n) is 6.01. The van der Waals surface area contributed by atoms with E-state index in [0.717, 1.165) is 30.6 Å². The zero-order chi connectivity index (χ0) is 13.8. The lowest BCUT2D eigenvalue weighted by Crippen LogP contribution is -2.38. The van der Waals surface area contributed by atoms with Gasteiger partial charge in [-0.1, -0.05) is 31.5 Å². The molecule has 1 saturated heterocycles. The molecule has 0 aromatic heterocycles. The topological polar surface area (TPSA) is 15.3 Å². The molecule has 1 aromatic carbocycles. The van der Waals surface area contributed by atoms with Gasteiger partial charge in [-0.15, -0.1) is 0 Å². The van der Waals surface area contributed by atoms with Gasteiger partial charge in [0.2, 0.25) is 0 Å². The maximum absolute atomic E-state index is 6.16.